The molecule has 0 spiro atoms. The first-order valence-electron chi connectivity index (χ1n) is 9.82. The number of benzene rings is 3. The summed E-state index contributed by atoms with van der Waals surface area (Å²) in [5.41, 5.74) is 3.20. The van der Waals surface area contributed by atoms with Crippen LogP contribution in [-0.4, -0.2) is 23.3 Å². The molecule has 1 aliphatic rings. The van der Waals surface area contributed by atoms with Crippen molar-refractivity contribution in [2.45, 2.75) is 11.8 Å². The van der Waals surface area contributed by atoms with Crippen LogP contribution in [0.25, 0.3) is 22.0 Å². The summed E-state index contributed by atoms with van der Waals surface area (Å²) in [5.74, 6) is -0.251. The Kier molecular flexibility index (Phi) is 5.84. The van der Waals surface area contributed by atoms with Crippen LogP contribution in [0.15, 0.2) is 70.4 Å². The third kappa shape index (κ3) is 3.64. The summed E-state index contributed by atoms with van der Waals surface area (Å²) in [4.78, 5) is 25.7. The zero-order chi connectivity index (χ0) is 22.8. The number of pyridine rings is 1. The number of nitrogens with zero attached hydrogens (tertiary/aromatic N) is 1. The summed E-state index contributed by atoms with van der Waals surface area (Å²) in [5, 5.41) is 3.60. The van der Waals surface area contributed by atoms with Gasteiger partial charge in [-0.3, -0.25) is 9.59 Å². The van der Waals surface area contributed by atoms with E-state index in [0.29, 0.717) is 44.4 Å². The fraction of sp³-hybridized carbons (Fsp3) is 0.0833. The van der Waals surface area contributed by atoms with Crippen LogP contribution in [0, 0.1) is 6.92 Å². The summed E-state index contributed by atoms with van der Waals surface area (Å²) >= 11 is 0. The molecule has 9 heteroatoms. The number of aromatic nitrogens is 1. The van der Waals surface area contributed by atoms with Gasteiger partial charge in [0, 0.05) is 24.1 Å². The molecule has 4 aromatic rings. The molecule has 0 amide bonds. The Morgan fingerprint density at radius 3 is 2.27 bits per heavy atom. The van der Waals surface area contributed by atoms with Crippen LogP contribution in [0.3, 0.4) is 0 Å². The number of carbonyl (C=O) groups excluding carboxylic acids is 1. The molecule has 1 aliphatic carbocycles. The van der Waals surface area contributed by atoms with Gasteiger partial charge in [-0.05, 0) is 41.8 Å². The van der Waals surface area contributed by atoms with E-state index in [0.717, 1.165) is 0 Å². The van der Waals surface area contributed by atoms with Gasteiger partial charge in [-0.2, -0.15) is 0 Å². The SMILES string of the molecule is Cc1cccc(Nc2ccc3c4c(cc(=O)n3C)-c3ccccc3C(=O)c24)c1S(=O)(=O)[O-].[Na+]. The molecule has 3 aromatic carbocycles. The van der Waals surface area contributed by atoms with Crippen molar-refractivity contribution in [2.75, 3.05) is 5.32 Å². The largest absolute Gasteiger partial charge is 1.00 e. The van der Waals surface area contributed by atoms with Gasteiger partial charge in [0.1, 0.15) is 10.1 Å². The predicted octanol–water partition coefficient (Wildman–Crippen LogP) is 0.710. The second-order valence-corrected chi connectivity index (χ2v) is 9.06. The van der Waals surface area contributed by atoms with E-state index in [9.17, 15) is 22.6 Å². The van der Waals surface area contributed by atoms with Crippen molar-refractivity contribution in [3.8, 4) is 11.1 Å². The van der Waals surface area contributed by atoms with E-state index in [2.05, 4.69) is 5.32 Å². The molecule has 1 aromatic heterocycles. The van der Waals surface area contributed by atoms with Gasteiger partial charge in [-0.25, -0.2) is 8.42 Å². The van der Waals surface area contributed by atoms with E-state index in [1.54, 1.807) is 49.5 Å². The van der Waals surface area contributed by atoms with Crippen LogP contribution in [0.5, 0.6) is 0 Å². The van der Waals surface area contributed by atoms with E-state index in [4.69, 9.17) is 0 Å². The maximum absolute atomic E-state index is 13.5. The van der Waals surface area contributed by atoms with Gasteiger partial charge in [0.2, 0.25) is 0 Å². The van der Waals surface area contributed by atoms with Crippen LogP contribution in [-0.2, 0) is 17.2 Å². The van der Waals surface area contributed by atoms with Crippen molar-refractivity contribution in [1.29, 1.82) is 0 Å². The van der Waals surface area contributed by atoms with E-state index < -0.39 is 10.1 Å². The fourth-order valence-corrected chi connectivity index (χ4v) is 5.24. The molecule has 33 heavy (non-hydrogen) atoms. The third-order valence-corrected chi connectivity index (χ3v) is 6.87. The monoisotopic (exact) mass is 468 g/mol. The van der Waals surface area contributed by atoms with Gasteiger partial charge in [0.05, 0.1) is 27.4 Å². The Bertz CT molecular complexity index is 1640. The average molecular weight is 468 g/mol. The number of fused-ring (bicyclic) bond motifs is 2. The first-order valence-corrected chi connectivity index (χ1v) is 11.2. The molecule has 5 rings (SSSR count). The minimum atomic E-state index is -4.76. The van der Waals surface area contributed by atoms with Crippen molar-refractivity contribution in [3.63, 3.8) is 0 Å². The van der Waals surface area contributed by atoms with Crippen molar-refractivity contribution < 1.29 is 47.3 Å². The molecule has 160 valence electrons. The van der Waals surface area contributed by atoms with Gasteiger partial charge < -0.3 is 14.4 Å². The molecule has 0 saturated carbocycles. The molecule has 1 heterocycles. The quantitative estimate of drug-likeness (QED) is 0.309. The molecule has 0 fully saturated rings. The first kappa shape index (κ1) is 23.4. The maximum atomic E-state index is 13.5. The van der Waals surface area contributed by atoms with Crippen molar-refractivity contribution in [3.05, 3.63) is 87.7 Å². The smallest absolute Gasteiger partial charge is 0.744 e. The zero-order valence-electron chi connectivity index (χ0n) is 18.2. The molecule has 0 radical (unpaired) electrons. The minimum absolute atomic E-state index is 0. The second-order valence-electron chi connectivity index (χ2n) is 7.74. The Morgan fingerprint density at radius 2 is 1.58 bits per heavy atom. The molecule has 1 N–H and O–H groups in total. The normalized spacial score (nSPS) is 12.3. The van der Waals surface area contributed by atoms with E-state index in [1.165, 1.54) is 29.7 Å². The number of rotatable bonds is 3. The number of anilines is 2. The Hall–Kier alpha value is -2.75. The number of ketones is 1. The third-order valence-electron chi connectivity index (χ3n) is 5.83. The summed E-state index contributed by atoms with van der Waals surface area (Å²) in [6.45, 7) is 1.54. The summed E-state index contributed by atoms with van der Waals surface area (Å²) in [6.07, 6.45) is 0. The topological polar surface area (TPSA) is 108 Å². The number of nitrogens with one attached hydrogen (secondary N) is 1. The van der Waals surface area contributed by atoms with Gasteiger partial charge in [0.15, 0.2) is 5.78 Å². The molecule has 0 bridgehead atoms. The van der Waals surface area contributed by atoms with Crippen LogP contribution in [0.2, 0.25) is 0 Å². The maximum Gasteiger partial charge on any atom is 1.00 e. The molecular weight excluding hydrogens is 451 g/mol. The number of hydrogen-bond acceptors (Lipinski definition) is 6. The number of hydrogen-bond donors (Lipinski definition) is 1. The minimum Gasteiger partial charge on any atom is -0.744 e. The van der Waals surface area contributed by atoms with Gasteiger partial charge in [-0.15, -0.1) is 0 Å². The molecular formula is C24H17N2NaO5S. The number of carbonyl (C=O) groups is 1. The van der Waals surface area contributed by atoms with Crippen LogP contribution < -0.4 is 40.4 Å². The van der Waals surface area contributed by atoms with Gasteiger partial charge >= 0.3 is 29.6 Å². The molecule has 0 aliphatic heterocycles. The summed E-state index contributed by atoms with van der Waals surface area (Å²) in [7, 11) is -3.13. The van der Waals surface area contributed by atoms with Crippen LogP contribution >= 0.6 is 0 Å². The van der Waals surface area contributed by atoms with Crippen molar-refractivity contribution in [1.82, 2.24) is 4.57 Å². The molecule has 7 nitrogen and oxygen atoms in total. The average Bonchev–Trinajstić information content (AvgIpc) is 2.74. The van der Waals surface area contributed by atoms with E-state index in [-0.39, 0.29) is 51.5 Å². The molecule has 0 unspecified atom stereocenters. The van der Waals surface area contributed by atoms with Gasteiger partial charge in [-0.1, -0.05) is 36.4 Å². The van der Waals surface area contributed by atoms with Gasteiger partial charge in [0.25, 0.3) is 5.56 Å². The Balaban J connectivity index is 0.00000259. The molecule has 0 atom stereocenters. The van der Waals surface area contributed by atoms with Crippen molar-refractivity contribution >= 4 is 38.2 Å². The first-order chi connectivity index (χ1) is 15.2. The summed E-state index contributed by atoms with van der Waals surface area (Å²) < 4.78 is 37.2. The second kappa shape index (κ2) is 8.23. The number of aryl methyl sites for hydroxylation is 2. The Labute approximate surface area is 212 Å². The Morgan fingerprint density at radius 1 is 0.879 bits per heavy atom. The van der Waals surface area contributed by atoms with E-state index in [1.807, 2.05) is 0 Å². The molecule has 0 saturated heterocycles. The van der Waals surface area contributed by atoms with Crippen molar-refractivity contribution in [2.24, 2.45) is 7.05 Å². The fourth-order valence-electron chi connectivity index (χ4n) is 4.39. The standard InChI is InChI=1S/C24H18N2O5S.Na/c1-13-6-5-9-18(24(13)32(29,30)31)25-17-10-11-19-21-16(12-20(27)26(19)2)14-7-3-4-8-15(14)23(28)22(17)21;/h3-12,25H,1-2H3,(H,29,30,31);/q;+1/p-1. The summed E-state index contributed by atoms with van der Waals surface area (Å²) in [6, 6.07) is 16.5. The zero-order valence-corrected chi connectivity index (χ0v) is 21.0. The predicted molar refractivity (Wildman–Crippen MR) is 120 cm³/mol. The van der Waals surface area contributed by atoms with Crippen LogP contribution in [0.4, 0.5) is 11.4 Å². The van der Waals surface area contributed by atoms with Crippen LogP contribution in [0.1, 0.15) is 21.5 Å². The van der Waals surface area contributed by atoms with E-state index >= 15 is 0 Å².